The smallest absolute Gasteiger partial charge is 0.0370 e. The Kier molecular flexibility index (Phi) is 3.40. The maximum absolute atomic E-state index is 5.70. The first-order chi connectivity index (χ1) is 8.03. The molecule has 1 saturated heterocycles. The third-order valence-electron chi connectivity index (χ3n) is 3.83. The fourth-order valence-electron chi connectivity index (χ4n) is 2.34. The quantitative estimate of drug-likeness (QED) is 0.843. The molecular formula is C14H23N3. The SMILES string of the molecule is CN1CCN(c2cccc(CN)c2)CC1(C)C. The first-order valence-electron chi connectivity index (χ1n) is 6.28. The van der Waals surface area contributed by atoms with Gasteiger partial charge in [0, 0.05) is 37.4 Å². The highest BCUT2D eigenvalue weighted by molar-refractivity contribution is 5.49. The molecule has 1 aromatic rings. The fourth-order valence-corrected chi connectivity index (χ4v) is 2.34. The number of nitrogens with zero attached hydrogens (tertiary/aromatic N) is 2. The molecule has 0 saturated carbocycles. The van der Waals surface area contributed by atoms with Crippen LogP contribution in [0.2, 0.25) is 0 Å². The summed E-state index contributed by atoms with van der Waals surface area (Å²) in [6.07, 6.45) is 0. The van der Waals surface area contributed by atoms with Crippen molar-refractivity contribution in [2.24, 2.45) is 5.73 Å². The summed E-state index contributed by atoms with van der Waals surface area (Å²) >= 11 is 0. The summed E-state index contributed by atoms with van der Waals surface area (Å²) in [5, 5.41) is 0. The van der Waals surface area contributed by atoms with Gasteiger partial charge in [-0.1, -0.05) is 12.1 Å². The van der Waals surface area contributed by atoms with E-state index in [0.29, 0.717) is 6.54 Å². The summed E-state index contributed by atoms with van der Waals surface area (Å²) in [5.41, 5.74) is 8.44. The van der Waals surface area contributed by atoms with E-state index in [9.17, 15) is 0 Å². The third-order valence-corrected chi connectivity index (χ3v) is 3.83. The zero-order valence-corrected chi connectivity index (χ0v) is 11.1. The first-order valence-corrected chi connectivity index (χ1v) is 6.28. The Bertz CT molecular complexity index is 387. The number of anilines is 1. The number of hydrogen-bond acceptors (Lipinski definition) is 3. The Hall–Kier alpha value is -1.06. The number of rotatable bonds is 2. The number of hydrogen-bond donors (Lipinski definition) is 1. The summed E-state index contributed by atoms with van der Waals surface area (Å²) in [6.45, 7) is 8.48. The van der Waals surface area contributed by atoms with Crippen LogP contribution >= 0.6 is 0 Å². The second-order valence-electron chi connectivity index (χ2n) is 5.53. The van der Waals surface area contributed by atoms with Gasteiger partial charge in [0.25, 0.3) is 0 Å². The molecule has 1 aromatic carbocycles. The molecule has 17 heavy (non-hydrogen) atoms. The van der Waals surface area contributed by atoms with E-state index in [1.165, 1.54) is 11.3 Å². The van der Waals surface area contributed by atoms with Crippen molar-refractivity contribution in [1.29, 1.82) is 0 Å². The van der Waals surface area contributed by atoms with Crippen LogP contribution in [0.3, 0.4) is 0 Å². The minimum absolute atomic E-state index is 0.233. The van der Waals surface area contributed by atoms with E-state index in [4.69, 9.17) is 5.73 Å². The summed E-state index contributed by atoms with van der Waals surface area (Å²) in [5.74, 6) is 0. The van der Waals surface area contributed by atoms with Crippen LogP contribution in [0.5, 0.6) is 0 Å². The average molecular weight is 233 g/mol. The van der Waals surface area contributed by atoms with Gasteiger partial charge in [-0.15, -0.1) is 0 Å². The van der Waals surface area contributed by atoms with E-state index in [-0.39, 0.29) is 5.54 Å². The molecule has 0 bridgehead atoms. The number of nitrogens with two attached hydrogens (primary N) is 1. The molecule has 1 aliphatic heterocycles. The Balaban J connectivity index is 2.17. The predicted molar refractivity (Wildman–Crippen MR) is 73.3 cm³/mol. The van der Waals surface area contributed by atoms with Crippen molar-refractivity contribution in [2.75, 3.05) is 31.6 Å². The number of likely N-dealkylation sites (N-methyl/N-ethyl adjacent to an activating group) is 1. The molecule has 3 nitrogen and oxygen atoms in total. The Morgan fingerprint density at radius 3 is 2.71 bits per heavy atom. The monoisotopic (exact) mass is 233 g/mol. The van der Waals surface area contributed by atoms with Crippen LogP contribution in [0.15, 0.2) is 24.3 Å². The molecule has 0 amide bonds. The highest BCUT2D eigenvalue weighted by Crippen LogP contribution is 2.24. The lowest BCUT2D eigenvalue weighted by atomic mass is 9.99. The maximum atomic E-state index is 5.70. The normalized spacial score (nSPS) is 20.6. The largest absolute Gasteiger partial charge is 0.368 e. The predicted octanol–water partition coefficient (Wildman–Crippen LogP) is 1.68. The lowest BCUT2D eigenvalue weighted by molar-refractivity contribution is 0.139. The zero-order valence-electron chi connectivity index (χ0n) is 11.1. The van der Waals surface area contributed by atoms with Gasteiger partial charge in [0.1, 0.15) is 0 Å². The standard InChI is InChI=1S/C14H23N3/c1-14(2)11-17(8-7-16(14)3)13-6-4-5-12(9-13)10-15/h4-6,9H,7-8,10-11,15H2,1-3H3. The van der Waals surface area contributed by atoms with Crippen molar-refractivity contribution in [3.63, 3.8) is 0 Å². The second kappa shape index (κ2) is 4.67. The van der Waals surface area contributed by atoms with Gasteiger partial charge in [0.05, 0.1) is 0 Å². The summed E-state index contributed by atoms with van der Waals surface area (Å²) < 4.78 is 0. The Morgan fingerprint density at radius 2 is 2.06 bits per heavy atom. The summed E-state index contributed by atoms with van der Waals surface area (Å²) in [4.78, 5) is 4.88. The topological polar surface area (TPSA) is 32.5 Å². The summed E-state index contributed by atoms with van der Waals surface area (Å²) in [7, 11) is 2.20. The fraction of sp³-hybridized carbons (Fsp3) is 0.571. The van der Waals surface area contributed by atoms with Gasteiger partial charge in [0.2, 0.25) is 0 Å². The molecule has 0 atom stereocenters. The Labute approximate surface area is 104 Å². The molecule has 0 radical (unpaired) electrons. The summed E-state index contributed by atoms with van der Waals surface area (Å²) in [6, 6.07) is 8.58. The molecule has 0 aliphatic carbocycles. The van der Waals surface area contributed by atoms with Crippen LogP contribution in [-0.4, -0.2) is 37.1 Å². The van der Waals surface area contributed by atoms with E-state index < -0.39 is 0 Å². The molecule has 0 aromatic heterocycles. The lowest BCUT2D eigenvalue weighted by Crippen LogP contribution is -2.57. The van der Waals surface area contributed by atoms with Crippen molar-refractivity contribution in [1.82, 2.24) is 4.90 Å². The molecule has 2 N–H and O–H groups in total. The van der Waals surface area contributed by atoms with E-state index >= 15 is 0 Å². The molecule has 0 unspecified atom stereocenters. The number of benzene rings is 1. The highest BCUT2D eigenvalue weighted by atomic mass is 15.3. The minimum atomic E-state index is 0.233. The van der Waals surface area contributed by atoms with E-state index in [2.05, 4.69) is 55.0 Å². The molecular weight excluding hydrogens is 210 g/mol. The zero-order chi connectivity index (χ0) is 12.5. The van der Waals surface area contributed by atoms with Crippen molar-refractivity contribution < 1.29 is 0 Å². The van der Waals surface area contributed by atoms with Crippen molar-refractivity contribution in [3.05, 3.63) is 29.8 Å². The second-order valence-corrected chi connectivity index (χ2v) is 5.53. The Morgan fingerprint density at radius 1 is 1.29 bits per heavy atom. The third kappa shape index (κ3) is 2.61. The molecule has 3 heteroatoms. The van der Waals surface area contributed by atoms with Gasteiger partial charge in [-0.25, -0.2) is 0 Å². The molecule has 1 heterocycles. The van der Waals surface area contributed by atoms with Crippen LogP contribution in [0.25, 0.3) is 0 Å². The maximum Gasteiger partial charge on any atom is 0.0370 e. The van der Waals surface area contributed by atoms with Gasteiger partial charge in [0.15, 0.2) is 0 Å². The van der Waals surface area contributed by atoms with Gasteiger partial charge in [-0.3, -0.25) is 4.90 Å². The minimum Gasteiger partial charge on any atom is -0.368 e. The molecule has 1 fully saturated rings. The van der Waals surface area contributed by atoms with Crippen molar-refractivity contribution in [3.8, 4) is 0 Å². The van der Waals surface area contributed by atoms with Crippen LogP contribution in [-0.2, 0) is 6.54 Å². The molecule has 0 spiro atoms. The molecule has 2 rings (SSSR count). The van der Waals surface area contributed by atoms with Crippen molar-refractivity contribution in [2.45, 2.75) is 25.9 Å². The van der Waals surface area contributed by atoms with Crippen LogP contribution in [0.1, 0.15) is 19.4 Å². The van der Waals surface area contributed by atoms with E-state index in [1.54, 1.807) is 0 Å². The van der Waals surface area contributed by atoms with Crippen LogP contribution in [0.4, 0.5) is 5.69 Å². The highest BCUT2D eigenvalue weighted by Gasteiger charge is 2.30. The van der Waals surface area contributed by atoms with Gasteiger partial charge in [-0.05, 0) is 38.6 Å². The first kappa shape index (κ1) is 12.4. The van der Waals surface area contributed by atoms with E-state index in [1.807, 2.05) is 0 Å². The average Bonchev–Trinajstić information content (AvgIpc) is 2.32. The number of piperazine rings is 1. The van der Waals surface area contributed by atoms with Gasteiger partial charge in [-0.2, -0.15) is 0 Å². The van der Waals surface area contributed by atoms with Gasteiger partial charge >= 0.3 is 0 Å². The molecule has 1 aliphatic rings. The van der Waals surface area contributed by atoms with Crippen LogP contribution < -0.4 is 10.6 Å². The molecule has 94 valence electrons. The van der Waals surface area contributed by atoms with Crippen LogP contribution in [0, 0.1) is 0 Å². The van der Waals surface area contributed by atoms with Gasteiger partial charge < -0.3 is 10.6 Å². The van der Waals surface area contributed by atoms with Crippen molar-refractivity contribution >= 4 is 5.69 Å². The lowest BCUT2D eigenvalue weighted by Gasteiger charge is -2.46. The van der Waals surface area contributed by atoms with E-state index in [0.717, 1.165) is 19.6 Å².